The lowest BCUT2D eigenvalue weighted by Crippen LogP contribution is -2.36. The molecule has 19 heavy (non-hydrogen) atoms. The van der Waals surface area contributed by atoms with Crippen molar-refractivity contribution in [2.75, 3.05) is 19.6 Å². The lowest BCUT2D eigenvalue weighted by Gasteiger charge is -2.22. The monoisotopic (exact) mass is 260 g/mol. The molecular formula is C13H16N4O2. The summed E-state index contributed by atoms with van der Waals surface area (Å²) in [4.78, 5) is 19.4. The smallest absolute Gasteiger partial charge is 0.408 e. The van der Waals surface area contributed by atoms with Crippen LogP contribution in [-0.2, 0) is 4.74 Å². The Morgan fingerprint density at radius 2 is 2.32 bits per heavy atom. The Labute approximate surface area is 112 Å². The van der Waals surface area contributed by atoms with Crippen molar-refractivity contribution < 1.29 is 9.53 Å². The van der Waals surface area contributed by atoms with Crippen LogP contribution in [0.15, 0.2) is 18.6 Å². The van der Waals surface area contributed by atoms with E-state index in [1.54, 1.807) is 18.6 Å². The maximum absolute atomic E-state index is 11.5. The standard InChI is InChI=1S/C13H16N4O2/c18-13(19-12-3-6-14-7-4-12)17-5-1-2-11-10-15-8-9-16-11/h8-10,12,14H,3-7H2,(H,17,18). The van der Waals surface area contributed by atoms with Crippen LogP contribution in [-0.4, -0.2) is 41.8 Å². The van der Waals surface area contributed by atoms with Crippen molar-refractivity contribution >= 4 is 6.09 Å². The van der Waals surface area contributed by atoms with E-state index in [4.69, 9.17) is 4.74 Å². The van der Waals surface area contributed by atoms with Gasteiger partial charge in [-0.3, -0.25) is 4.98 Å². The number of piperidine rings is 1. The lowest BCUT2D eigenvalue weighted by atomic mass is 10.1. The van der Waals surface area contributed by atoms with Gasteiger partial charge in [-0.2, -0.15) is 0 Å². The van der Waals surface area contributed by atoms with Crippen molar-refractivity contribution in [1.82, 2.24) is 20.6 Å². The second-order valence-electron chi connectivity index (χ2n) is 4.10. The Kier molecular flexibility index (Phi) is 5.14. The summed E-state index contributed by atoms with van der Waals surface area (Å²) in [5, 5.41) is 5.81. The Bertz CT molecular complexity index is 461. The van der Waals surface area contributed by atoms with E-state index in [9.17, 15) is 4.79 Å². The number of nitrogens with zero attached hydrogens (tertiary/aromatic N) is 2. The van der Waals surface area contributed by atoms with Crippen LogP contribution in [0.1, 0.15) is 18.5 Å². The zero-order valence-electron chi connectivity index (χ0n) is 10.6. The third kappa shape index (κ3) is 4.94. The SMILES string of the molecule is O=C(NCC#Cc1cnccn1)OC1CCNCC1. The van der Waals surface area contributed by atoms with E-state index < -0.39 is 6.09 Å². The Morgan fingerprint density at radius 3 is 3.05 bits per heavy atom. The number of hydrogen-bond donors (Lipinski definition) is 2. The first-order valence-electron chi connectivity index (χ1n) is 6.24. The molecule has 100 valence electrons. The maximum Gasteiger partial charge on any atom is 0.408 e. The summed E-state index contributed by atoms with van der Waals surface area (Å²) in [7, 11) is 0. The number of hydrogen-bond acceptors (Lipinski definition) is 5. The van der Waals surface area contributed by atoms with E-state index >= 15 is 0 Å². The summed E-state index contributed by atoms with van der Waals surface area (Å²) in [6.45, 7) is 2.02. The van der Waals surface area contributed by atoms with E-state index in [1.165, 1.54) is 0 Å². The highest BCUT2D eigenvalue weighted by Gasteiger charge is 2.16. The summed E-state index contributed by atoms with van der Waals surface area (Å²) < 4.78 is 5.26. The normalized spacial score (nSPS) is 15.2. The second-order valence-corrected chi connectivity index (χ2v) is 4.10. The zero-order valence-corrected chi connectivity index (χ0v) is 10.6. The van der Waals surface area contributed by atoms with Crippen molar-refractivity contribution in [3.8, 4) is 11.8 Å². The number of amides is 1. The largest absolute Gasteiger partial charge is 0.446 e. The molecule has 6 heteroatoms. The van der Waals surface area contributed by atoms with Gasteiger partial charge in [-0.25, -0.2) is 9.78 Å². The third-order valence-corrected chi connectivity index (χ3v) is 2.66. The molecule has 0 aromatic carbocycles. The van der Waals surface area contributed by atoms with Crippen LogP contribution in [0, 0.1) is 11.8 Å². The number of rotatable bonds is 2. The summed E-state index contributed by atoms with van der Waals surface area (Å²) in [6.07, 6.45) is 6.04. The molecule has 0 radical (unpaired) electrons. The molecule has 2 heterocycles. The Hall–Kier alpha value is -2.13. The average Bonchev–Trinajstić information content (AvgIpc) is 2.46. The third-order valence-electron chi connectivity index (χ3n) is 2.66. The molecule has 1 fully saturated rings. The number of carbonyl (C=O) groups excluding carboxylic acids is 1. The van der Waals surface area contributed by atoms with E-state index in [-0.39, 0.29) is 12.6 Å². The zero-order chi connectivity index (χ0) is 13.3. The van der Waals surface area contributed by atoms with Crippen LogP contribution in [0.4, 0.5) is 4.79 Å². The van der Waals surface area contributed by atoms with Gasteiger partial charge in [0.05, 0.1) is 12.7 Å². The molecule has 1 aliphatic heterocycles. The highest BCUT2D eigenvalue weighted by atomic mass is 16.6. The highest BCUT2D eigenvalue weighted by molar-refractivity contribution is 5.67. The molecule has 2 N–H and O–H groups in total. The Balaban J connectivity index is 1.68. The Morgan fingerprint density at radius 1 is 1.47 bits per heavy atom. The van der Waals surface area contributed by atoms with Gasteiger partial charge in [-0.05, 0) is 31.9 Å². The van der Waals surface area contributed by atoms with Crippen LogP contribution in [0.25, 0.3) is 0 Å². The van der Waals surface area contributed by atoms with E-state index in [2.05, 4.69) is 32.4 Å². The molecule has 0 bridgehead atoms. The van der Waals surface area contributed by atoms with Crippen LogP contribution < -0.4 is 10.6 Å². The minimum Gasteiger partial charge on any atom is -0.446 e. The topological polar surface area (TPSA) is 76.1 Å². The quantitative estimate of drug-likeness (QED) is 0.748. The predicted molar refractivity (Wildman–Crippen MR) is 69.3 cm³/mol. The molecule has 0 aliphatic carbocycles. The van der Waals surface area contributed by atoms with Crippen LogP contribution in [0.2, 0.25) is 0 Å². The van der Waals surface area contributed by atoms with Crippen molar-refractivity contribution in [1.29, 1.82) is 0 Å². The van der Waals surface area contributed by atoms with Gasteiger partial charge in [-0.1, -0.05) is 5.92 Å². The molecule has 0 atom stereocenters. The molecule has 1 amide bonds. The summed E-state index contributed by atoms with van der Waals surface area (Å²) in [5.41, 5.74) is 0.580. The summed E-state index contributed by atoms with van der Waals surface area (Å²) in [6, 6.07) is 0. The molecule has 6 nitrogen and oxygen atoms in total. The molecule has 0 saturated carbocycles. The molecule has 0 spiro atoms. The number of alkyl carbamates (subject to hydrolysis) is 1. The average molecular weight is 260 g/mol. The van der Waals surface area contributed by atoms with Gasteiger partial charge in [0, 0.05) is 12.4 Å². The van der Waals surface area contributed by atoms with Gasteiger partial charge >= 0.3 is 6.09 Å². The molecule has 2 rings (SSSR count). The number of aromatic nitrogens is 2. The van der Waals surface area contributed by atoms with Crippen molar-refractivity contribution in [3.05, 3.63) is 24.3 Å². The van der Waals surface area contributed by atoms with Crippen LogP contribution in [0.3, 0.4) is 0 Å². The first-order valence-corrected chi connectivity index (χ1v) is 6.24. The predicted octanol–water partition coefficient (Wildman–Crippen LogP) is 0.306. The molecule has 1 aromatic rings. The minimum atomic E-state index is -0.416. The van der Waals surface area contributed by atoms with Crippen LogP contribution >= 0.6 is 0 Å². The second kappa shape index (κ2) is 7.34. The summed E-state index contributed by atoms with van der Waals surface area (Å²) in [5.74, 6) is 5.59. The van der Waals surface area contributed by atoms with Gasteiger partial charge in [-0.15, -0.1) is 0 Å². The van der Waals surface area contributed by atoms with E-state index in [1.807, 2.05) is 0 Å². The minimum absolute atomic E-state index is 0.00852. The van der Waals surface area contributed by atoms with Gasteiger partial charge < -0.3 is 15.4 Å². The van der Waals surface area contributed by atoms with Gasteiger partial charge in [0.25, 0.3) is 0 Å². The lowest BCUT2D eigenvalue weighted by molar-refractivity contribution is 0.0803. The number of carbonyl (C=O) groups is 1. The molecule has 1 aromatic heterocycles. The summed E-state index contributed by atoms with van der Waals surface area (Å²) >= 11 is 0. The fraction of sp³-hybridized carbons (Fsp3) is 0.462. The van der Waals surface area contributed by atoms with Gasteiger partial charge in [0.2, 0.25) is 0 Å². The highest BCUT2D eigenvalue weighted by Crippen LogP contribution is 2.06. The fourth-order valence-corrected chi connectivity index (χ4v) is 1.72. The number of nitrogens with one attached hydrogen (secondary N) is 2. The van der Waals surface area contributed by atoms with E-state index in [0.29, 0.717) is 5.69 Å². The van der Waals surface area contributed by atoms with E-state index in [0.717, 1.165) is 25.9 Å². The van der Waals surface area contributed by atoms with Gasteiger partial charge in [0.1, 0.15) is 11.8 Å². The van der Waals surface area contributed by atoms with Gasteiger partial charge in [0.15, 0.2) is 0 Å². The first kappa shape index (κ1) is 13.3. The fourth-order valence-electron chi connectivity index (χ4n) is 1.72. The molecule has 1 aliphatic rings. The first-order chi connectivity index (χ1) is 9.34. The molecule has 1 saturated heterocycles. The van der Waals surface area contributed by atoms with Crippen LogP contribution in [0.5, 0.6) is 0 Å². The number of ether oxygens (including phenoxy) is 1. The van der Waals surface area contributed by atoms with Crippen molar-refractivity contribution in [2.45, 2.75) is 18.9 Å². The van der Waals surface area contributed by atoms with Crippen molar-refractivity contribution in [3.63, 3.8) is 0 Å². The maximum atomic E-state index is 11.5. The molecule has 0 unspecified atom stereocenters. The van der Waals surface area contributed by atoms with Crippen molar-refractivity contribution in [2.24, 2.45) is 0 Å². The molecular weight excluding hydrogens is 244 g/mol.